The second-order valence-electron chi connectivity index (χ2n) is 2.67. The van der Waals surface area contributed by atoms with Crippen molar-refractivity contribution >= 4 is 16.1 Å². The lowest BCUT2D eigenvalue weighted by atomic mass is 10.2. The quantitative estimate of drug-likeness (QED) is 0.472. The van der Waals surface area contributed by atoms with E-state index in [1.807, 2.05) is 0 Å². The maximum absolute atomic E-state index is 10.5. The van der Waals surface area contributed by atoms with Crippen LogP contribution < -0.4 is 5.32 Å². The van der Waals surface area contributed by atoms with Gasteiger partial charge in [0, 0.05) is 6.54 Å². The first-order valence-corrected chi connectivity index (χ1v) is 4.84. The van der Waals surface area contributed by atoms with Crippen molar-refractivity contribution < 1.29 is 22.9 Å². The van der Waals surface area contributed by atoms with Gasteiger partial charge < -0.3 is 10.4 Å². The van der Waals surface area contributed by atoms with E-state index in [0.717, 1.165) is 0 Å². The molecule has 1 heterocycles. The molecule has 0 bridgehead atoms. The van der Waals surface area contributed by atoms with Gasteiger partial charge in [0.15, 0.2) is 0 Å². The van der Waals surface area contributed by atoms with Crippen LogP contribution in [-0.4, -0.2) is 41.9 Å². The fourth-order valence-electron chi connectivity index (χ4n) is 1.12. The Hall–Kier alpha value is -0.660. The van der Waals surface area contributed by atoms with Crippen LogP contribution in [0.2, 0.25) is 0 Å². The van der Waals surface area contributed by atoms with E-state index in [2.05, 4.69) is 5.32 Å². The van der Waals surface area contributed by atoms with Crippen molar-refractivity contribution in [2.75, 3.05) is 6.54 Å². The van der Waals surface area contributed by atoms with Crippen molar-refractivity contribution in [2.24, 2.45) is 0 Å². The monoisotopic (exact) mass is 195 g/mol. The van der Waals surface area contributed by atoms with Gasteiger partial charge >= 0.3 is 5.97 Å². The molecule has 0 radical (unpaired) electrons. The van der Waals surface area contributed by atoms with E-state index in [4.69, 9.17) is 9.66 Å². The zero-order valence-corrected chi connectivity index (χ0v) is 6.91. The Morgan fingerprint density at radius 3 is 2.33 bits per heavy atom. The molecule has 1 aliphatic rings. The minimum atomic E-state index is -4.09. The van der Waals surface area contributed by atoms with Gasteiger partial charge in [-0.05, 0) is 6.42 Å². The summed E-state index contributed by atoms with van der Waals surface area (Å²) in [5, 5.41) is 9.94. The van der Waals surface area contributed by atoms with Crippen LogP contribution in [-0.2, 0) is 14.9 Å². The van der Waals surface area contributed by atoms with Gasteiger partial charge in [-0.2, -0.15) is 8.42 Å². The van der Waals surface area contributed by atoms with Gasteiger partial charge in [0.05, 0.1) is 0 Å². The van der Waals surface area contributed by atoms with Crippen LogP contribution in [0.25, 0.3) is 0 Å². The predicted molar refractivity (Wildman–Crippen MR) is 39.4 cm³/mol. The second-order valence-corrected chi connectivity index (χ2v) is 4.37. The third kappa shape index (κ3) is 1.93. The minimum absolute atomic E-state index is 0.00417. The molecule has 7 heteroatoms. The number of carboxylic acid groups (broad SMARTS) is 1. The summed E-state index contributed by atoms with van der Waals surface area (Å²) < 4.78 is 29.6. The summed E-state index contributed by atoms with van der Waals surface area (Å²) in [6.45, 7) is -0.00417. The van der Waals surface area contributed by atoms with Crippen molar-refractivity contribution in [1.82, 2.24) is 5.32 Å². The molecular weight excluding hydrogens is 186 g/mol. The highest BCUT2D eigenvalue weighted by atomic mass is 32.2. The van der Waals surface area contributed by atoms with Gasteiger partial charge in [-0.1, -0.05) is 0 Å². The molecule has 12 heavy (non-hydrogen) atoms. The highest BCUT2D eigenvalue weighted by Crippen LogP contribution is 2.13. The molecule has 1 rings (SSSR count). The molecular formula is C5H9NO5S. The third-order valence-corrected chi connectivity index (χ3v) is 3.01. The van der Waals surface area contributed by atoms with Crippen molar-refractivity contribution in [3.63, 3.8) is 0 Å². The molecule has 1 fully saturated rings. The molecule has 70 valence electrons. The summed E-state index contributed by atoms with van der Waals surface area (Å²) >= 11 is 0. The van der Waals surface area contributed by atoms with Crippen LogP contribution in [0.1, 0.15) is 6.42 Å². The molecule has 0 aromatic heterocycles. The first-order chi connectivity index (χ1) is 5.41. The highest BCUT2D eigenvalue weighted by molar-refractivity contribution is 7.86. The summed E-state index contributed by atoms with van der Waals surface area (Å²) in [5.74, 6) is -1.10. The molecule has 1 saturated heterocycles. The number of hydrogen-bond acceptors (Lipinski definition) is 4. The summed E-state index contributed by atoms with van der Waals surface area (Å²) in [5.41, 5.74) is 0. The Kier molecular flexibility index (Phi) is 2.36. The van der Waals surface area contributed by atoms with Crippen molar-refractivity contribution in [2.45, 2.75) is 17.7 Å². The largest absolute Gasteiger partial charge is 0.480 e. The van der Waals surface area contributed by atoms with Gasteiger partial charge in [0.2, 0.25) is 0 Å². The van der Waals surface area contributed by atoms with Crippen LogP contribution in [0.4, 0.5) is 0 Å². The number of aliphatic carboxylic acids is 1. The lowest BCUT2D eigenvalue weighted by Crippen LogP contribution is -2.30. The summed E-state index contributed by atoms with van der Waals surface area (Å²) in [6.07, 6.45) is -0.0752. The van der Waals surface area contributed by atoms with Crippen molar-refractivity contribution in [3.05, 3.63) is 0 Å². The van der Waals surface area contributed by atoms with Gasteiger partial charge in [-0.25, -0.2) is 0 Å². The molecule has 3 N–H and O–H groups in total. The molecule has 0 amide bonds. The van der Waals surface area contributed by atoms with Crippen LogP contribution in [0.15, 0.2) is 0 Å². The first-order valence-electron chi connectivity index (χ1n) is 3.33. The molecule has 6 nitrogen and oxygen atoms in total. The number of nitrogens with one attached hydrogen (secondary N) is 1. The van der Waals surface area contributed by atoms with E-state index < -0.39 is 27.4 Å². The molecule has 0 aromatic carbocycles. The molecule has 1 aliphatic heterocycles. The third-order valence-electron chi connectivity index (χ3n) is 1.81. The van der Waals surface area contributed by atoms with Crippen LogP contribution in [0.5, 0.6) is 0 Å². The Labute approximate surface area is 69.3 Å². The van der Waals surface area contributed by atoms with E-state index in [1.165, 1.54) is 0 Å². The van der Waals surface area contributed by atoms with Crippen molar-refractivity contribution in [3.8, 4) is 0 Å². The fourth-order valence-corrected chi connectivity index (χ4v) is 1.86. The molecule has 0 unspecified atom stereocenters. The molecule has 0 aliphatic carbocycles. The zero-order chi connectivity index (χ0) is 9.35. The standard InChI is InChI=1S/C5H9NO5S/c7-5(8)4-1-3(2-6-4)12(9,10)11/h3-4,6H,1-2H2,(H,7,8)(H,9,10,11)/t3-,4-/m0/s1. The average Bonchev–Trinajstić information content (AvgIpc) is 2.30. The molecule has 0 saturated carbocycles. The lowest BCUT2D eigenvalue weighted by Gasteiger charge is -2.02. The number of rotatable bonds is 2. The van der Waals surface area contributed by atoms with Crippen LogP contribution >= 0.6 is 0 Å². The van der Waals surface area contributed by atoms with Crippen LogP contribution in [0.3, 0.4) is 0 Å². The fraction of sp³-hybridized carbons (Fsp3) is 0.800. The number of carbonyl (C=O) groups is 1. The summed E-state index contributed by atoms with van der Waals surface area (Å²) in [6, 6.07) is -0.864. The Morgan fingerprint density at radius 1 is 1.50 bits per heavy atom. The van der Waals surface area contributed by atoms with E-state index in [-0.39, 0.29) is 13.0 Å². The topological polar surface area (TPSA) is 104 Å². The predicted octanol–water partition coefficient (Wildman–Crippen LogP) is -1.31. The second kappa shape index (κ2) is 3.00. The maximum Gasteiger partial charge on any atom is 0.320 e. The number of hydrogen-bond donors (Lipinski definition) is 3. The molecule has 2 atom stereocenters. The van der Waals surface area contributed by atoms with Gasteiger partial charge in [0.25, 0.3) is 10.1 Å². The van der Waals surface area contributed by atoms with Gasteiger partial charge in [-0.15, -0.1) is 0 Å². The Morgan fingerprint density at radius 2 is 2.08 bits per heavy atom. The van der Waals surface area contributed by atoms with Crippen LogP contribution in [0, 0.1) is 0 Å². The van der Waals surface area contributed by atoms with Crippen molar-refractivity contribution in [1.29, 1.82) is 0 Å². The minimum Gasteiger partial charge on any atom is -0.480 e. The van der Waals surface area contributed by atoms with E-state index in [0.29, 0.717) is 0 Å². The van der Waals surface area contributed by atoms with E-state index >= 15 is 0 Å². The molecule has 0 spiro atoms. The lowest BCUT2D eigenvalue weighted by molar-refractivity contribution is -0.139. The summed E-state index contributed by atoms with van der Waals surface area (Å²) in [7, 11) is -4.09. The van der Waals surface area contributed by atoms with E-state index in [9.17, 15) is 13.2 Å². The van der Waals surface area contributed by atoms with Gasteiger partial charge in [0.1, 0.15) is 11.3 Å². The SMILES string of the molecule is O=C(O)[C@@H]1C[C@H](S(=O)(=O)O)CN1. The molecule has 0 aromatic rings. The van der Waals surface area contributed by atoms with Gasteiger partial charge in [-0.3, -0.25) is 9.35 Å². The zero-order valence-electron chi connectivity index (χ0n) is 6.10. The Balaban J connectivity index is 2.64. The Bertz CT molecular complexity index is 284. The normalized spacial score (nSPS) is 30.4. The highest BCUT2D eigenvalue weighted by Gasteiger charge is 2.36. The maximum atomic E-state index is 10.5. The number of carboxylic acids is 1. The summed E-state index contributed by atoms with van der Waals surface area (Å²) in [4.78, 5) is 10.3. The van der Waals surface area contributed by atoms with E-state index in [1.54, 1.807) is 0 Å². The first kappa shape index (κ1) is 9.43. The average molecular weight is 195 g/mol. The smallest absolute Gasteiger partial charge is 0.320 e.